The van der Waals surface area contributed by atoms with Crippen LogP contribution in [0.2, 0.25) is 0 Å². The van der Waals surface area contributed by atoms with Crippen molar-refractivity contribution in [1.29, 1.82) is 0 Å². The number of nitrogens with one attached hydrogen (secondary N) is 1. The van der Waals surface area contributed by atoms with Gasteiger partial charge in [-0.1, -0.05) is 24.3 Å². The van der Waals surface area contributed by atoms with Crippen molar-refractivity contribution < 1.29 is 14.2 Å². The molecule has 190 valence electrons. The van der Waals surface area contributed by atoms with E-state index in [9.17, 15) is 0 Å². The predicted molar refractivity (Wildman–Crippen MR) is 150 cm³/mol. The monoisotopic (exact) mass is 513 g/mol. The van der Waals surface area contributed by atoms with E-state index in [2.05, 4.69) is 43.7 Å². The summed E-state index contributed by atoms with van der Waals surface area (Å²) < 4.78 is 17.0. The Morgan fingerprint density at radius 1 is 0.846 bits per heavy atom. The van der Waals surface area contributed by atoms with Crippen molar-refractivity contribution in [1.82, 2.24) is 20.2 Å². The normalized spacial score (nSPS) is 12.2. The molecule has 1 aliphatic rings. The van der Waals surface area contributed by atoms with Gasteiger partial charge >= 0.3 is 0 Å². The molecule has 0 atom stereocenters. The Morgan fingerprint density at radius 3 is 2.59 bits per heavy atom. The number of aromatic nitrogens is 4. The molecule has 0 saturated carbocycles. The number of nitrogens with zero attached hydrogens (tertiary/aromatic N) is 4. The van der Waals surface area contributed by atoms with E-state index in [1.807, 2.05) is 54.6 Å². The topological polar surface area (TPSA) is 91.3 Å². The van der Waals surface area contributed by atoms with Gasteiger partial charge in [-0.05, 0) is 48.0 Å². The minimum Gasteiger partial charge on any atom is -0.495 e. The van der Waals surface area contributed by atoms with Crippen LogP contribution in [0.5, 0.6) is 23.0 Å². The number of benzene rings is 3. The molecule has 7 rings (SSSR count). The summed E-state index contributed by atoms with van der Waals surface area (Å²) in [7, 11) is 1.60. The Bertz CT molecular complexity index is 1840. The third kappa shape index (κ3) is 4.31. The van der Waals surface area contributed by atoms with Crippen LogP contribution in [0, 0.1) is 0 Å². The van der Waals surface area contributed by atoms with Crippen molar-refractivity contribution in [3.05, 3.63) is 96.8 Å². The van der Waals surface area contributed by atoms with Gasteiger partial charge in [0, 0.05) is 46.8 Å². The number of methoxy groups -OCH3 is 1. The molecule has 8 heteroatoms. The van der Waals surface area contributed by atoms with Crippen molar-refractivity contribution in [2.45, 2.75) is 6.42 Å². The van der Waals surface area contributed by atoms with Gasteiger partial charge in [0.05, 0.1) is 25.4 Å². The first kappa shape index (κ1) is 22.9. The minimum atomic E-state index is 0.619. The molecule has 0 spiro atoms. The van der Waals surface area contributed by atoms with E-state index in [0.29, 0.717) is 34.1 Å². The van der Waals surface area contributed by atoms with Gasteiger partial charge in [0.2, 0.25) is 0 Å². The first-order valence-electron chi connectivity index (χ1n) is 12.6. The number of hydrogen-bond acceptors (Lipinski definition) is 8. The first-order chi connectivity index (χ1) is 19.2. The summed E-state index contributed by atoms with van der Waals surface area (Å²) in [6.45, 7) is 0.725. The largest absolute Gasteiger partial charge is 0.495 e. The maximum Gasteiger partial charge on any atom is 0.161 e. The second-order valence-electron chi connectivity index (χ2n) is 9.17. The van der Waals surface area contributed by atoms with Crippen LogP contribution in [0.15, 0.2) is 91.3 Å². The molecule has 39 heavy (non-hydrogen) atoms. The smallest absolute Gasteiger partial charge is 0.161 e. The highest BCUT2D eigenvalue weighted by molar-refractivity contribution is 6.01. The van der Waals surface area contributed by atoms with Crippen LogP contribution in [0.1, 0.15) is 5.56 Å². The zero-order valence-corrected chi connectivity index (χ0v) is 21.1. The average molecular weight is 514 g/mol. The van der Waals surface area contributed by atoms with Crippen LogP contribution >= 0.6 is 0 Å². The molecule has 0 saturated heterocycles. The number of fused-ring (bicyclic) bond motifs is 3. The number of ether oxygens (including phenoxy) is 3. The predicted octanol–water partition coefficient (Wildman–Crippen LogP) is 6.72. The maximum atomic E-state index is 6.13. The fourth-order valence-electron chi connectivity index (χ4n) is 4.79. The molecule has 1 N–H and O–H groups in total. The Kier molecular flexibility index (Phi) is 5.62. The van der Waals surface area contributed by atoms with E-state index in [-0.39, 0.29) is 0 Å². The summed E-state index contributed by atoms with van der Waals surface area (Å²) >= 11 is 0. The number of pyridine rings is 2. The molecule has 8 nitrogen and oxygen atoms in total. The first-order valence-corrected chi connectivity index (χ1v) is 12.6. The quantitative estimate of drug-likeness (QED) is 0.262. The maximum absolute atomic E-state index is 6.13. The lowest BCUT2D eigenvalue weighted by molar-refractivity contribution is 0.357. The molecular formula is C31H23N5O3. The van der Waals surface area contributed by atoms with Crippen molar-refractivity contribution >= 4 is 33.3 Å². The molecule has 0 unspecified atom stereocenters. The lowest BCUT2D eigenvalue weighted by atomic mass is 10.0. The Morgan fingerprint density at radius 2 is 1.72 bits per heavy atom. The van der Waals surface area contributed by atoms with Crippen LogP contribution < -0.4 is 19.5 Å². The molecule has 0 amide bonds. The van der Waals surface area contributed by atoms with Gasteiger partial charge in [0.1, 0.15) is 28.5 Å². The molecule has 0 bridgehead atoms. The minimum absolute atomic E-state index is 0.619. The van der Waals surface area contributed by atoms with Gasteiger partial charge in [-0.3, -0.25) is 4.98 Å². The molecule has 4 heterocycles. The summed E-state index contributed by atoms with van der Waals surface area (Å²) in [6.07, 6.45) is 4.26. The van der Waals surface area contributed by atoms with Crippen LogP contribution in [0.3, 0.4) is 0 Å². The zero-order valence-electron chi connectivity index (χ0n) is 21.1. The SMILES string of the molecule is COc1cnc2c(Oc3ccc(Nc4nnc(-c5ccc6c(c5)CCO6)c5ccccc45)cc3)ccnc2c1. The summed E-state index contributed by atoms with van der Waals surface area (Å²) in [6, 6.07) is 25.7. The highest BCUT2D eigenvalue weighted by Crippen LogP contribution is 2.35. The van der Waals surface area contributed by atoms with E-state index in [1.54, 1.807) is 25.6 Å². The lowest BCUT2D eigenvalue weighted by Gasteiger charge is -2.13. The third-order valence-electron chi connectivity index (χ3n) is 6.75. The van der Waals surface area contributed by atoms with Crippen LogP contribution in [-0.2, 0) is 6.42 Å². The molecule has 0 fully saturated rings. The van der Waals surface area contributed by atoms with Crippen molar-refractivity contribution in [3.63, 3.8) is 0 Å². The highest BCUT2D eigenvalue weighted by Gasteiger charge is 2.16. The summed E-state index contributed by atoms with van der Waals surface area (Å²) in [5, 5.41) is 14.6. The summed E-state index contributed by atoms with van der Waals surface area (Å²) in [5.74, 6) is 3.58. The number of hydrogen-bond donors (Lipinski definition) is 1. The molecule has 6 aromatic rings. The summed E-state index contributed by atoms with van der Waals surface area (Å²) in [4.78, 5) is 8.82. The van der Waals surface area contributed by atoms with Crippen LogP contribution in [0.25, 0.3) is 33.1 Å². The van der Waals surface area contributed by atoms with Gasteiger partial charge in [0.15, 0.2) is 11.6 Å². The van der Waals surface area contributed by atoms with Crippen molar-refractivity contribution in [3.8, 4) is 34.3 Å². The number of rotatable bonds is 6. The van der Waals surface area contributed by atoms with Crippen LogP contribution in [-0.4, -0.2) is 33.9 Å². The van der Waals surface area contributed by atoms with Crippen molar-refractivity contribution in [2.75, 3.05) is 19.0 Å². The highest BCUT2D eigenvalue weighted by atomic mass is 16.5. The third-order valence-corrected chi connectivity index (χ3v) is 6.75. The van der Waals surface area contributed by atoms with Crippen molar-refractivity contribution in [2.24, 2.45) is 0 Å². The molecule has 3 aromatic carbocycles. The van der Waals surface area contributed by atoms with Gasteiger partial charge < -0.3 is 19.5 Å². The molecule has 0 aliphatic carbocycles. The van der Waals surface area contributed by atoms with E-state index < -0.39 is 0 Å². The van der Waals surface area contributed by atoms with E-state index >= 15 is 0 Å². The van der Waals surface area contributed by atoms with E-state index in [4.69, 9.17) is 14.2 Å². The Hall–Kier alpha value is -5.24. The van der Waals surface area contributed by atoms with E-state index in [1.165, 1.54) is 5.56 Å². The zero-order chi connectivity index (χ0) is 26.2. The summed E-state index contributed by atoms with van der Waals surface area (Å²) in [5.41, 5.74) is 5.33. The Labute approximate surface area is 224 Å². The van der Waals surface area contributed by atoms with Gasteiger partial charge in [0.25, 0.3) is 0 Å². The molecule has 3 aromatic heterocycles. The van der Waals surface area contributed by atoms with Crippen LogP contribution in [0.4, 0.5) is 11.5 Å². The fraction of sp³-hybridized carbons (Fsp3) is 0.0968. The lowest BCUT2D eigenvalue weighted by Crippen LogP contribution is -1.99. The molecule has 1 aliphatic heterocycles. The average Bonchev–Trinajstić information content (AvgIpc) is 3.46. The second-order valence-corrected chi connectivity index (χ2v) is 9.17. The second kappa shape index (κ2) is 9.57. The molecule has 0 radical (unpaired) electrons. The fourth-order valence-corrected chi connectivity index (χ4v) is 4.79. The van der Waals surface area contributed by atoms with Gasteiger partial charge in [-0.15, -0.1) is 10.2 Å². The molecular weight excluding hydrogens is 490 g/mol. The number of anilines is 2. The van der Waals surface area contributed by atoms with Gasteiger partial charge in [-0.2, -0.15) is 0 Å². The Balaban J connectivity index is 1.15. The van der Waals surface area contributed by atoms with E-state index in [0.717, 1.165) is 46.5 Å². The standard InChI is InChI=1S/C31H23N5O3/c1-37-23-17-26-30(33-18-23)28(12-14-32-26)39-22-9-7-21(8-10-22)34-31-25-5-3-2-4-24(25)29(35-36-31)20-6-11-27-19(16-20)13-15-38-27/h2-12,14,16-18H,13,15H2,1H3,(H,34,36). The van der Waals surface area contributed by atoms with Gasteiger partial charge in [-0.25, -0.2) is 4.98 Å².